The number of ether oxygens (including phenoxy) is 1. The molecule has 2 rings (SSSR count). The molecule has 10 heteroatoms. The average molecular weight is 510 g/mol. The first-order valence-corrected chi connectivity index (χ1v) is 9.57. The largest absolute Gasteiger partial charge is 0.387 e. The minimum absolute atomic E-state index is 0. The fourth-order valence-corrected chi connectivity index (χ4v) is 2.69. The number of hydrogen-bond acceptors (Lipinski definition) is 7. The van der Waals surface area contributed by atoms with Crippen LogP contribution in [-0.2, 0) is 16.7 Å². The molecule has 0 saturated carbocycles. The van der Waals surface area contributed by atoms with Crippen molar-refractivity contribution in [2.45, 2.75) is 52.2 Å². The molecule has 0 aromatic carbocycles. The standard InChI is InChI=1S/C18H34N6O3.HI/c1-6-19-16(20-11-14-22-15(27-23-14)17(2,3)4)21-12-18(5,25)13-24-7-9-26-10-8-24;/h25H,6-13H2,1-5H3,(H2,19,20,21);1H. The minimum atomic E-state index is -0.876. The highest BCUT2D eigenvalue weighted by molar-refractivity contribution is 14.0. The normalized spacial score (nSPS) is 18.3. The molecule has 1 unspecified atom stereocenters. The second-order valence-corrected chi connectivity index (χ2v) is 8.20. The quantitative estimate of drug-likeness (QED) is 0.285. The van der Waals surface area contributed by atoms with Gasteiger partial charge in [-0.05, 0) is 13.8 Å². The molecule has 9 nitrogen and oxygen atoms in total. The number of nitrogens with zero attached hydrogens (tertiary/aromatic N) is 4. The van der Waals surface area contributed by atoms with Crippen LogP contribution in [0.1, 0.15) is 46.3 Å². The monoisotopic (exact) mass is 510 g/mol. The predicted molar refractivity (Wildman–Crippen MR) is 119 cm³/mol. The van der Waals surface area contributed by atoms with Gasteiger partial charge in [-0.2, -0.15) is 4.98 Å². The zero-order valence-corrected chi connectivity index (χ0v) is 19.9. The summed E-state index contributed by atoms with van der Waals surface area (Å²) in [5, 5.41) is 21.1. The maximum atomic E-state index is 10.7. The molecule has 28 heavy (non-hydrogen) atoms. The van der Waals surface area contributed by atoms with Crippen LogP contribution in [0.5, 0.6) is 0 Å². The Bertz CT molecular complexity index is 609. The SMILES string of the molecule is CCNC(=NCc1noc(C(C)(C)C)n1)NCC(C)(O)CN1CCOCC1.I. The third-order valence-corrected chi connectivity index (χ3v) is 4.14. The number of halogens is 1. The minimum Gasteiger partial charge on any atom is -0.387 e. The second kappa shape index (κ2) is 11.3. The molecule has 1 aromatic rings. The molecule has 1 saturated heterocycles. The van der Waals surface area contributed by atoms with Gasteiger partial charge in [0, 0.05) is 38.1 Å². The Kier molecular flexibility index (Phi) is 10.1. The third-order valence-electron chi connectivity index (χ3n) is 4.14. The van der Waals surface area contributed by atoms with Crippen molar-refractivity contribution in [3.63, 3.8) is 0 Å². The summed E-state index contributed by atoms with van der Waals surface area (Å²) in [5.74, 6) is 1.75. The van der Waals surface area contributed by atoms with Gasteiger partial charge in [-0.3, -0.25) is 4.90 Å². The number of nitrogens with one attached hydrogen (secondary N) is 2. The van der Waals surface area contributed by atoms with Crippen LogP contribution in [0, 0.1) is 0 Å². The van der Waals surface area contributed by atoms with Gasteiger partial charge < -0.3 is 25.0 Å². The first-order chi connectivity index (χ1) is 12.7. The smallest absolute Gasteiger partial charge is 0.232 e. The molecule has 0 spiro atoms. The van der Waals surface area contributed by atoms with E-state index in [1.807, 2.05) is 34.6 Å². The van der Waals surface area contributed by atoms with Crippen molar-refractivity contribution >= 4 is 29.9 Å². The fraction of sp³-hybridized carbons (Fsp3) is 0.833. The van der Waals surface area contributed by atoms with E-state index in [0.717, 1.165) is 32.8 Å². The topological polar surface area (TPSA) is 108 Å². The summed E-state index contributed by atoms with van der Waals surface area (Å²) in [6.45, 7) is 15.0. The van der Waals surface area contributed by atoms with Crippen LogP contribution in [0.15, 0.2) is 9.52 Å². The molecule has 1 aliphatic heterocycles. The van der Waals surface area contributed by atoms with E-state index in [9.17, 15) is 5.11 Å². The number of guanidine groups is 1. The van der Waals surface area contributed by atoms with Crippen LogP contribution in [0.2, 0.25) is 0 Å². The van der Waals surface area contributed by atoms with E-state index in [1.54, 1.807) is 0 Å². The highest BCUT2D eigenvalue weighted by Crippen LogP contribution is 2.19. The predicted octanol–water partition coefficient (Wildman–Crippen LogP) is 1.12. The summed E-state index contributed by atoms with van der Waals surface area (Å²) in [6, 6.07) is 0. The van der Waals surface area contributed by atoms with Crippen molar-refractivity contribution < 1.29 is 14.4 Å². The highest BCUT2D eigenvalue weighted by atomic mass is 127. The van der Waals surface area contributed by atoms with Gasteiger partial charge in [-0.15, -0.1) is 24.0 Å². The van der Waals surface area contributed by atoms with E-state index >= 15 is 0 Å². The van der Waals surface area contributed by atoms with Gasteiger partial charge in [0.05, 0.1) is 18.8 Å². The Morgan fingerprint density at radius 1 is 1.21 bits per heavy atom. The lowest BCUT2D eigenvalue weighted by atomic mass is 9.97. The van der Waals surface area contributed by atoms with E-state index in [2.05, 4.69) is 30.7 Å². The summed E-state index contributed by atoms with van der Waals surface area (Å²) in [4.78, 5) is 11.1. The summed E-state index contributed by atoms with van der Waals surface area (Å²) in [6.07, 6.45) is 0. The average Bonchev–Trinajstić information content (AvgIpc) is 3.07. The molecule has 162 valence electrons. The number of aliphatic hydroxyl groups is 1. The summed E-state index contributed by atoms with van der Waals surface area (Å²) in [7, 11) is 0. The highest BCUT2D eigenvalue weighted by Gasteiger charge is 2.26. The number of rotatable bonds is 7. The molecule has 0 amide bonds. The molecule has 3 N–H and O–H groups in total. The van der Waals surface area contributed by atoms with Gasteiger partial charge in [0.15, 0.2) is 11.8 Å². The first-order valence-electron chi connectivity index (χ1n) is 9.57. The summed E-state index contributed by atoms with van der Waals surface area (Å²) >= 11 is 0. The molecular formula is C18H35IN6O3. The molecule has 0 bridgehead atoms. The van der Waals surface area contributed by atoms with Gasteiger partial charge in [0.1, 0.15) is 6.54 Å². The number of aromatic nitrogens is 2. The van der Waals surface area contributed by atoms with Crippen LogP contribution >= 0.6 is 24.0 Å². The van der Waals surface area contributed by atoms with Crippen LogP contribution in [0.25, 0.3) is 0 Å². The number of hydrogen-bond donors (Lipinski definition) is 3. The Morgan fingerprint density at radius 3 is 2.46 bits per heavy atom. The number of morpholine rings is 1. The van der Waals surface area contributed by atoms with E-state index in [0.29, 0.717) is 37.3 Å². The fourth-order valence-electron chi connectivity index (χ4n) is 2.69. The molecular weight excluding hydrogens is 475 g/mol. The second-order valence-electron chi connectivity index (χ2n) is 8.20. The zero-order chi connectivity index (χ0) is 19.9. The Balaban J connectivity index is 0.00000392. The molecule has 1 atom stereocenters. The zero-order valence-electron chi connectivity index (χ0n) is 17.6. The molecule has 0 radical (unpaired) electrons. The van der Waals surface area contributed by atoms with Crippen LogP contribution in [-0.4, -0.2) is 77.6 Å². The van der Waals surface area contributed by atoms with E-state index < -0.39 is 5.60 Å². The van der Waals surface area contributed by atoms with Crippen molar-refractivity contribution in [3.8, 4) is 0 Å². The Morgan fingerprint density at radius 2 is 1.89 bits per heavy atom. The number of β-amino-alcohol motifs (C(OH)–C–C–N with tert-alkyl or cyclic N) is 1. The van der Waals surface area contributed by atoms with Crippen molar-refractivity contribution in [2.24, 2.45) is 4.99 Å². The first kappa shape index (κ1) is 25.1. The van der Waals surface area contributed by atoms with Crippen LogP contribution < -0.4 is 10.6 Å². The van der Waals surface area contributed by atoms with Gasteiger partial charge in [0.25, 0.3) is 0 Å². The van der Waals surface area contributed by atoms with E-state index in [1.165, 1.54) is 0 Å². The van der Waals surface area contributed by atoms with Gasteiger partial charge in [0.2, 0.25) is 5.89 Å². The Labute approximate surface area is 184 Å². The lowest BCUT2D eigenvalue weighted by Crippen LogP contribution is -2.52. The number of aliphatic imine (C=N–C) groups is 1. The van der Waals surface area contributed by atoms with Crippen molar-refractivity contribution in [2.75, 3.05) is 45.9 Å². The van der Waals surface area contributed by atoms with Crippen LogP contribution in [0.3, 0.4) is 0 Å². The molecule has 1 fully saturated rings. The summed E-state index contributed by atoms with van der Waals surface area (Å²) < 4.78 is 10.6. The van der Waals surface area contributed by atoms with Crippen molar-refractivity contribution in [1.29, 1.82) is 0 Å². The molecule has 0 aliphatic carbocycles. The van der Waals surface area contributed by atoms with Gasteiger partial charge in [-0.25, -0.2) is 4.99 Å². The van der Waals surface area contributed by atoms with Gasteiger partial charge >= 0.3 is 0 Å². The summed E-state index contributed by atoms with van der Waals surface area (Å²) in [5.41, 5.74) is -1.06. The van der Waals surface area contributed by atoms with E-state index in [4.69, 9.17) is 9.26 Å². The molecule has 2 heterocycles. The van der Waals surface area contributed by atoms with Crippen LogP contribution in [0.4, 0.5) is 0 Å². The Hall–Kier alpha value is -0.980. The maximum absolute atomic E-state index is 10.7. The van der Waals surface area contributed by atoms with Crippen molar-refractivity contribution in [3.05, 3.63) is 11.7 Å². The van der Waals surface area contributed by atoms with Crippen molar-refractivity contribution in [1.82, 2.24) is 25.7 Å². The van der Waals surface area contributed by atoms with E-state index in [-0.39, 0.29) is 29.4 Å². The lowest BCUT2D eigenvalue weighted by Gasteiger charge is -2.34. The maximum Gasteiger partial charge on any atom is 0.232 e. The molecule has 1 aliphatic rings. The molecule has 1 aromatic heterocycles. The lowest BCUT2D eigenvalue weighted by molar-refractivity contribution is -0.0201. The van der Waals surface area contributed by atoms with Gasteiger partial charge in [-0.1, -0.05) is 25.9 Å². The third kappa shape index (κ3) is 8.58.